The molecule has 1 heterocycles. The summed E-state index contributed by atoms with van der Waals surface area (Å²) in [6.45, 7) is 8.07. The molecule has 0 aromatic heterocycles. The average Bonchev–Trinajstić information content (AvgIpc) is 2.79. The van der Waals surface area contributed by atoms with Gasteiger partial charge in [-0.15, -0.1) is 0 Å². The van der Waals surface area contributed by atoms with Crippen LogP contribution in [0.2, 0.25) is 5.04 Å². The first kappa shape index (κ1) is 23.4. The van der Waals surface area contributed by atoms with Crippen LogP contribution >= 0.6 is 0 Å². The van der Waals surface area contributed by atoms with Gasteiger partial charge in [-0.25, -0.2) is 0 Å². The zero-order valence-corrected chi connectivity index (χ0v) is 19.8. The third kappa shape index (κ3) is 5.72. The Kier molecular flexibility index (Phi) is 8.22. The highest BCUT2D eigenvalue weighted by molar-refractivity contribution is 6.99. The standard InChI is InChI=1S/C26H33NO3Si/c1-26(2,3)31(23-12-6-4-7-13-23,24-14-8-5-9-15-24)30-21-22(20-27)17-19-29-25-16-10-11-18-28-25/h4-9,12-15,17,25H,10-11,16,18-19,21H2,1-3H3/b22-17+. The molecular formula is C26H33NO3Si. The summed E-state index contributed by atoms with van der Waals surface area (Å²) in [6, 6.07) is 23.2. The van der Waals surface area contributed by atoms with E-state index in [0.717, 1.165) is 25.9 Å². The van der Waals surface area contributed by atoms with Gasteiger partial charge in [0.1, 0.15) is 0 Å². The second-order valence-corrected chi connectivity index (χ2v) is 13.2. The summed E-state index contributed by atoms with van der Waals surface area (Å²) >= 11 is 0. The molecule has 3 rings (SSSR count). The quantitative estimate of drug-likeness (QED) is 0.451. The van der Waals surface area contributed by atoms with Crippen molar-refractivity contribution in [2.24, 2.45) is 0 Å². The van der Waals surface area contributed by atoms with Crippen LogP contribution in [-0.4, -0.2) is 34.4 Å². The monoisotopic (exact) mass is 435 g/mol. The Morgan fingerprint density at radius 3 is 2.16 bits per heavy atom. The number of hydrogen-bond donors (Lipinski definition) is 0. The van der Waals surface area contributed by atoms with Gasteiger partial charge in [-0.3, -0.25) is 0 Å². The summed E-state index contributed by atoms with van der Waals surface area (Å²) < 4.78 is 18.2. The molecule has 0 N–H and O–H groups in total. The van der Waals surface area contributed by atoms with E-state index in [2.05, 4.69) is 75.4 Å². The molecule has 0 spiro atoms. The van der Waals surface area contributed by atoms with Crippen molar-refractivity contribution in [1.82, 2.24) is 0 Å². The normalized spacial score (nSPS) is 17.9. The van der Waals surface area contributed by atoms with Crippen molar-refractivity contribution < 1.29 is 13.9 Å². The highest BCUT2D eigenvalue weighted by Gasteiger charge is 2.50. The van der Waals surface area contributed by atoms with E-state index in [0.29, 0.717) is 12.2 Å². The second kappa shape index (κ2) is 10.9. The molecule has 1 atom stereocenters. The minimum absolute atomic E-state index is 0.122. The minimum atomic E-state index is -2.66. The van der Waals surface area contributed by atoms with Crippen LogP contribution in [0.15, 0.2) is 72.3 Å². The molecule has 1 fully saturated rings. The topological polar surface area (TPSA) is 51.5 Å². The maximum Gasteiger partial charge on any atom is 0.261 e. The summed E-state index contributed by atoms with van der Waals surface area (Å²) in [6.07, 6.45) is 4.79. The first-order chi connectivity index (χ1) is 15.0. The summed E-state index contributed by atoms with van der Waals surface area (Å²) in [5, 5.41) is 12.0. The molecule has 164 valence electrons. The maximum absolute atomic E-state index is 9.73. The van der Waals surface area contributed by atoms with Crippen molar-refractivity contribution in [3.8, 4) is 6.07 Å². The molecule has 0 aliphatic carbocycles. The van der Waals surface area contributed by atoms with Crippen molar-refractivity contribution >= 4 is 18.7 Å². The lowest BCUT2D eigenvalue weighted by atomic mass is 10.2. The fourth-order valence-electron chi connectivity index (χ4n) is 4.18. The molecule has 0 bridgehead atoms. The van der Waals surface area contributed by atoms with Gasteiger partial charge in [0.25, 0.3) is 8.32 Å². The van der Waals surface area contributed by atoms with Crippen LogP contribution in [-0.2, 0) is 13.9 Å². The molecule has 5 heteroatoms. The van der Waals surface area contributed by atoms with E-state index >= 15 is 0 Å². The van der Waals surface area contributed by atoms with E-state index in [-0.39, 0.29) is 17.9 Å². The van der Waals surface area contributed by atoms with Crippen molar-refractivity contribution in [3.05, 3.63) is 72.3 Å². The molecule has 31 heavy (non-hydrogen) atoms. The Balaban J connectivity index is 1.84. The lowest BCUT2D eigenvalue weighted by Gasteiger charge is -2.43. The van der Waals surface area contributed by atoms with Gasteiger partial charge in [-0.05, 0) is 40.8 Å². The molecule has 0 amide bonds. The molecule has 1 aliphatic heterocycles. The molecule has 1 saturated heterocycles. The number of benzene rings is 2. The molecule has 1 unspecified atom stereocenters. The zero-order valence-electron chi connectivity index (χ0n) is 18.8. The van der Waals surface area contributed by atoms with E-state index in [1.54, 1.807) is 0 Å². The van der Waals surface area contributed by atoms with Crippen LogP contribution < -0.4 is 10.4 Å². The van der Waals surface area contributed by atoms with Crippen LogP contribution in [0.25, 0.3) is 0 Å². The molecule has 1 aliphatic rings. The molecular weight excluding hydrogens is 402 g/mol. The minimum Gasteiger partial charge on any atom is -0.402 e. The highest BCUT2D eigenvalue weighted by atomic mass is 28.4. The van der Waals surface area contributed by atoms with E-state index in [9.17, 15) is 5.26 Å². The Morgan fingerprint density at radius 1 is 1.06 bits per heavy atom. The van der Waals surface area contributed by atoms with Crippen molar-refractivity contribution in [3.63, 3.8) is 0 Å². The van der Waals surface area contributed by atoms with E-state index in [1.807, 2.05) is 18.2 Å². The van der Waals surface area contributed by atoms with Crippen LogP contribution in [0.5, 0.6) is 0 Å². The summed E-state index contributed by atoms with van der Waals surface area (Å²) in [4.78, 5) is 0. The van der Waals surface area contributed by atoms with Crippen molar-refractivity contribution in [2.45, 2.75) is 51.4 Å². The van der Waals surface area contributed by atoms with Crippen LogP contribution in [0.4, 0.5) is 0 Å². The summed E-state index contributed by atoms with van der Waals surface area (Å²) in [7, 11) is -2.66. The smallest absolute Gasteiger partial charge is 0.261 e. The number of hydrogen-bond acceptors (Lipinski definition) is 4. The number of nitriles is 1. The Morgan fingerprint density at radius 2 is 1.68 bits per heavy atom. The van der Waals surface area contributed by atoms with Gasteiger partial charge in [0.05, 0.1) is 24.9 Å². The van der Waals surface area contributed by atoms with Crippen molar-refractivity contribution in [1.29, 1.82) is 5.26 Å². The van der Waals surface area contributed by atoms with Crippen LogP contribution in [0, 0.1) is 11.3 Å². The molecule has 2 aromatic rings. The fraction of sp³-hybridized carbons (Fsp3) is 0.423. The van der Waals surface area contributed by atoms with E-state index in [1.165, 1.54) is 10.4 Å². The van der Waals surface area contributed by atoms with Crippen LogP contribution in [0.3, 0.4) is 0 Å². The summed E-state index contributed by atoms with van der Waals surface area (Å²) in [5.41, 5.74) is 0.587. The van der Waals surface area contributed by atoms with Gasteiger partial charge in [0.2, 0.25) is 0 Å². The second-order valence-electron chi connectivity index (χ2n) is 8.92. The SMILES string of the molecule is CC(C)(C)[Si](OC/C(C#N)=C/COC1CCCCO1)(c1ccccc1)c1ccccc1. The predicted octanol–water partition coefficient (Wildman–Crippen LogP) is 4.56. The van der Waals surface area contributed by atoms with Crippen molar-refractivity contribution in [2.75, 3.05) is 19.8 Å². The lowest BCUT2D eigenvalue weighted by molar-refractivity contribution is -0.155. The van der Waals surface area contributed by atoms with Gasteiger partial charge in [-0.1, -0.05) is 81.4 Å². The molecule has 4 nitrogen and oxygen atoms in total. The summed E-state index contributed by atoms with van der Waals surface area (Å²) in [5.74, 6) is 0. The maximum atomic E-state index is 9.73. The number of nitrogens with zero attached hydrogens (tertiary/aromatic N) is 1. The largest absolute Gasteiger partial charge is 0.402 e. The fourth-order valence-corrected chi connectivity index (χ4v) is 8.71. The Bertz CT molecular complexity index is 839. The molecule has 2 aromatic carbocycles. The molecule has 0 saturated carbocycles. The first-order valence-corrected chi connectivity index (χ1v) is 13.0. The third-order valence-electron chi connectivity index (χ3n) is 5.75. The van der Waals surface area contributed by atoms with E-state index < -0.39 is 8.32 Å². The third-order valence-corrected chi connectivity index (χ3v) is 10.7. The Labute approximate surface area is 187 Å². The van der Waals surface area contributed by atoms with E-state index in [4.69, 9.17) is 13.9 Å². The number of rotatable bonds is 8. The van der Waals surface area contributed by atoms with Gasteiger partial charge in [-0.2, -0.15) is 5.26 Å². The van der Waals surface area contributed by atoms with Gasteiger partial charge in [0, 0.05) is 6.61 Å². The van der Waals surface area contributed by atoms with Gasteiger partial charge >= 0.3 is 0 Å². The predicted molar refractivity (Wildman–Crippen MR) is 127 cm³/mol. The first-order valence-electron chi connectivity index (χ1n) is 11.0. The van der Waals surface area contributed by atoms with Crippen LogP contribution in [0.1, 0.15) is 40.0 Å². The van der Waals surface area contributed by atoms with Gasteiger partial charge in [0.15, 0.2) is 6.29 Å². The average molecular weight is 436 g/mol. The Hall–Kier alpha value is -2.23. The zero-order chi connectivity index (χ0) is 22.2. The lowest BCUT2D eigenvalue weighted by Crippen LogP contribution is -2.66. The van der Waals surface area contributed by atoms with Gasteiger partial charge < -0.3 is 13.9 Å². The number of ether oxygens (including phenoxy) is 2. The highest BCUT2D eigenvalue weighted by Crippen LogP contribution is 2.37. The molecule has 0 radical (unpaired) electrons.